The predicted octanol–water partition coefficient (Wildman–Crippen LogP) is 2.23. The molecule has 1 N–H and O–H groups in total. The predicted molar refractivity (Wildman–Crippen MR) is 75.1 cm³/mol. The molecule has 5 nitrogen and oxygen atoms in total. The minimum atomic E-state index is -0.841. The lowest BCUT2D eigenvalue weighted by Crippen LogP contribution is -2.43. The fourth-order valence-electron chi connectivity index (χ4n) is 3.33. The van der Waals surface area contributed by atoms with Gasteiger partial charge < -0.3 is 5.11 Å². The van der Waals surface area contributed by atoms with Gasteiger partial charge in [-0.1, -0.05) is 18.1 Å². The van der Waals surface area contributed by atoms with Crippen LogP contribution in [0.2, 0.25) is 0 Å². The number of hydrogen-bond donors (Lipinski definition) is 1. The molecule has 0 radical (unpaired) electrons. The van der Waals surface area contributed by atoms with Crippen molar-refractivity contribution in [3.8, 4) is 0 Å². The number of hydrogen-bond acceptors (Lipinski definition) is 3. The second-order valence-electron chi connectivity index (χ2n) is 5.88. The lowest BCUT2D eigenvalue weighted by atomic mass is 9.85. The van der Waals surface area contributed by atoms with Crippen LogP contribution in [-0.4, -0.2) is 33.8 Å². The highest BCUT2D eigenvalue weighted by atomic mass is 16.4. The number of carbonyl (C=O) groups excluding carboxylic acids is 2. The fourth-order valence-corrected chi connectivity index (χ4v) is 3.33. The lowest BCUT2D eigenvalue weighted by Gasteiger charge is -2.32. The first-order valence-electron chi connectivity index (χ1n) is 7.20. The van der Waals surface area contributed by atoms with Crippen molar-refractivity contribution < 1.29 is 19.5 Å². The molecule has 0 saturated heterocycles. The summed E-state index contributed by atoms with van der Waals surface area (Å²) in [5, 5.41) is 9.15. The van der Waals surface area contributed by atoms with Crippen LogP contribution in [0.3, 0.4) is 0 Å². The molecule has 1 heterocycles. The van der Waals surface area contributed by atoms with Crippen molar-refractivity contribution in [2.75, 3.05) is 0 Å². The number of carboxylic acid groups (broad SMARTS) is 1. The molecule has 1 aliphatic carbocycles. The molecule has 2 amide bonds. The molecule has 1 aromatic rings. The van der Waals surface area contributed by atoms with Gasteiger partial charge in [-0.15, -0.1) is 0 Å². The van der Waals surface area contributed by atoms with Crippen LogP contribution < -0.4 is 0 Å². The third-order valence-corrected chi connectivity index (χ3v) is 4.43. The van der Waals surface area contributed by atoms with Crippen LogP contribution in [-0.2, 0) is 4.79 Å². The van der Waals surface area contributed by atoms with Crippen LogP contribution >= 0.6 is 0 Å². The largest absolute Gasteiger partial charge is 0.481 e. The highest BCUT2D eigenvalue weighted by Gasteiger charge is 2.42. The summed E-state index contributed by atoms with van der Waals surface area (Å²) in [4.78, 5) is 37.4. The molecule has 2 aliphatic rings. The van der Waals surface area contributed by atoms with Crippen molar-refractivity contribution in [1.29, 1.82) is 0 Å². The summed E-state index contributed by atoms with van der Waals surface area (Å²) in [6.07, 6.45) is 2.40. The summed E-state index contributed by atoms with van der Waals surface area (Å²) in [5.41, 5.74) is 1.81. The zero-order valence-electron chi connectivity index (χ0n) is 11.8. The lowest BCUT2D eigenvalue weighted by molar-refractivity contribution is -0.143. The van der Waals surface area contributed by atoms with Gasteiger partial charge in [-0.25, -0.2) is 0 Å². The van der Waals surface area contributed by atoms with E-state index in [-0.39, 0.29) is 17.9 Å². The summed E-state index contributed by atoms with van der Waals surface area (Å²) in [6.45, 7) is 1.88. The summed E-state index contributed by atoms with van der Waals surface area (Å²) in [7, 11) is 0. The quantitative estimate of drug-likeness (QED) is 0.846. The van der Waals surface area contributed by atoms with Crippen LogP contribution in [0.1, 0.15) is 52.0 Å². The summed E-state index contributed by atoms with van der Waals surface area (Å²) in [5.74, 6) is -1.87. The Bertz CT molecular complexity index is 637. The molecule has 2 unspecified atom stereocenters. The zero-order valence-corrected chi connectivity index (χ0v) is 11.8. The first-order valence-corrected chi connectivity index (χ1v) is 7.20. The number of rotatable bonds is 2. The Kier molecular flexibility index (Phi) is 3.27. The van der Waals surface area contributed by atoms with Crippen LogP contribution in [0.5, 0.6) is 0 Å². The van der Waals surface area contributed by atoms with E-state index < -0.39 is 11.9 Å². The van der Waals surface area contributed by atoms with Gasteiger partial charge in [-0.05, 0) is 38.3 Å². The van der Waals surface area contributed by atoms with E-state index >= 15 is 0 Å². The second kappa shape index (κ2) is 4.98. The van der Waals surface area contributed by atoms with Gasteiger partial charge in [0, 0.05) is 6.04 Å². The molecule has 3 rings (SSSR count). The molecular formula is C16H17NO4. The van der Waals surface area contributed by atoms with Crippen molar-refractivity contribution in [1.82, 2.24) is 4.90 Å². The number of benzene rings is 1. The van der Waals surface area contributed by atoms with E-state index in [1.165, 1.54) is 4.90 Å². The number of fused-ring (bicyclic) bond motifs is 1. The average molecular weight is 287 g/mol. The Hall–Kier alpha value is -2.17. The minimum absolute atomic E-state index is 0.283. The molecule has 0 spiro atoms. The van der Waals surface area contributed by atoms with Crippen molar-refractivity contribution in [3.63, 3.8) is 0 Å². The van der Waals surface area contributed by atoms with E-state index in [0.29, 0.717) is 30.4 Å². The molecule has 2 atom stereocenters. The molecular weight excluding hydrogens is 270 g/mol. The third kappa shape index (κ3) is 2.22. The Balaban J connectivity index is 1.89. The SMILES string of the molecule is Cc1ccc2c(c1)C(=O)N(C1CCCC(C(=O)O)C1)C2=O. The van der Waals surface area contributed by atoms with Crippen LogP contribution in [0, 0.1) is 12.8 Å². The third-order valence-electron chi connectivity index (χ3n) is 4.43. The molecule has 1 saturated carbocycles. The molecule has 0 bridgehead atoms. The maximum absolute atomic E-state index is 12.5. The number of aryl methyl sites for hydroxylation is 1. The smallest absolute Gasteiger partial charge is 0.306 e. The van der Waals surface area contributed by atoms with Crippen LogP contribution in [0.4, 0.5) is 0 Å². The number of nitrogens with zero attached hydrogens (tertiary/aromatic N) is 1. The van der Waals surface area contributed by atoms with Gasteiger partial charge in [0.2, 0.25) is 0 Å². The Labute approximate surface area is 122 Å². The minimum Gasteiger partial charge on any atom is -0.481 e. The van der Waals surface area contributed by atoms with Gasteiger partial charge in [0.25, 0.3) is 11.8 Å². The van der Waals surface area contributed by atoms with Crippen LogP contribution in [0.15, 0.2) is 18.2 Å². The van der Waals surface area contributed by atoms with Crippen LogP contribution in [0.25, 0.3) is 0 Å². The van der Waals surface area contributed by atoms with E-state index in [1.54, 1.807) is 12.1 Å². The number of aliphatic carboxylic acids is 1. The first kappa shape index (κ1) is 13.8. The number of carboxylic acids is 1. The highest BCUT2D eigenvalue weighted by Crippen LogP contribution is 2.33. The second-order valence-corrected chi connectivity index (χ2v) is 5.88. The maximum Gasteiger partial charge on any atom is 0.306 e. The molecule has 1 aliphatic heterocycles. The maximum atomic E-state index is 12.5. The normalized spacial score (nSPS) is 25.1. The monoisotopic (exact) mass is 287 g/mol. The highest BCUT2D eigenvalue weighted by molar-refractivity contribution is 6.21. The van der Waals surface area contributed by atoms with Crippen molar-refractivity contribution in [3.05, 3.63) is 34.9 Å². The number of carbonyl (C=O) groups is 3. The van der Waals surface area contributed by atoms with Gasteiger partial charge in [0.05, 0.1) is 17.0 Å². The van der Waals surface area contributed by atoms with E-state index in [1.807, 2.05) is 13.0 Å². The topological polar surface area (TPSA) is 74.7 Å². The molecule has 110 valence electrons. The Morgan fingerprint density at radius 2 is 1.90 bits per heavy atom. The molecule has 1 fully saturated rings. The Morgan fingerprint density at radius 3 is 2.62 bits per heavy atom. The Morgan fingerprint density at radius 1 is 1.19 bits per heavy atom. The summed E-state index contributed by atoms with van der Waals surface area (Å²) in [6, 6.07) is 4.93. The molecule has 0 aromatic heterocycles. The van der Waals surface area contributed by atoms with E-state index in [4.69, 9.17) is 5.11 Å². The fraction of sp³-hybridized carbons (Fsp3) is 0.438. The molecule has 1 aromatic carbocycles. The van der Waals surface area contributed by atoms with Gasteiger partial charge in [0.15, 0.2) is 0 Å². The van der Waals surface area contributed by atoms with Crippen molar-refractivity contribution in [2.45, 2.75) is 38.6 Å². The van der Waals surface area contributed by atoms with E-state index in [0.717, 1.165) is 12.0 Å². The van der Waals surface area contributed by atoms with Crippen molar-refractivity contribution in [2.24, 2.45) is 5.92 Å². The van der Waals surface area contributed by atoms with Gasteiger partial charge in [0.1, 0.15) is 0 Å². The van der Waals surface area contributed by atoms with E-state index in [9.17, 15) is 14.4 Å². The van der Waals surface area contributed by atoms with E-state index in [2.05, 4.69) is 0 Å². The number of amides is 2. The number of imide groups is 1. The summed E-state index contributed by atoms with van der Waals surface area (Å²) < 4.78 is 0. The average Bonchev–Trinajstić information content (AvgIpc) is 2.70. The standard InChI is InChI=1S/C16H17NO4/c1-9-5-6-12-13(7-9)15(19)17(14(12)18)11-4-2-3-10(8-11)16(20)21/h5-7,10-11H,2-4,8H2,1H3,(H,20,21). The molecule has 21 heavy (non-hydrogen) atoms. The van der Waals surface area contributed by atoms with Gasteiger partial charge in [-0.3, -0.25) is 19.3 Å². The van der Waals surface area contributed by atoms with Crippen molar-refractivity contribution >= 4 is 17.8 Å². The first-order chi connectivity index (χ1) is 9.99. The van der Waals surface area contributed by atoms with Gasteiger partial charge >= 0.3 is 5.97 Å². The summed E-state index contributed by atoms with van der Waals surface area (Å²) >= 11 is 0. The van der Waals surface area contributed by atoms with Gasteiger partial charge in [-0.2, -0.15) is 0 Å². The zero-order chi connectivity index (χ0) is 15.1. The molecule has 5 heteroatoms.